The van der Waals surface area contributed by atoms with Crippen LogP contribution in [0.15, 0.2) is 27.1 Å². The number of hydrogen-bond acceptors (Lipinski definition) is 1. The van der Waals surface area contributed by atoms with Crippen molar-refractivity contribution in [3.63, 3.8) is 0 Å². The zero-order valence-electron chi connectivity index (χ0n) is 6.05. The molecule has 12 heavy (non-hydrogen) atoms. The van der Waals surface area contributed by atoms with Gasteiger partial charge in [-0.2, -0.15) is 0 Å². The molecule has 0 aliphatic heterocycles. The van der Waals surface area contributed by atoms with Gasteiger partial charge in [0.15, 0.2) is 0 Å². The summed E-state index contributed by atoms with van der Waals surface area (Å²) in [6.45, 7) is 0. The predicted molar refractivity (Wildman–Crippen MR) is 53.2 cm³/mol. The number of carboxylic acids is 1. The van der Waals surface area contributed by atoms with Crippen molar-refractivity contribution in [3.8, 4) is 0 Å². The first-order valence-electron chi connectivity index (χ1n) is 3.26. The van der Waals surface area contributed by atoms with Crippen molar-refractivity contribution in [2.24, 2.45) is 0 Å². The van der Waals surface area contributed by atoms with Gasteiger partial charge in [0, 0.05) is 8.95 Å². The van der Waals surface area contributed by atoms with Crippen LogP contribution in [-0.4, -0.2) is 11.1 Å². The van der Waals surface area contributed by atoms with Gasteiger partial charge in [0.2, 0.25) is 0 Å². The summed E-state index contributed by atoms with van der Waals surface area (Å²) in [5.41, 5.74) is 0.769. The van der Waals surface area contributed by atoms with Crippen LogP contribution in [0.5, 0.6) is 0 Å². The zero-order chi connectivity index (χ0) is 9.14. The van der Waals surface area contributed by atoms with Gasteiger partial charge >= 0.3 is 5.97 Å². The molecule has 1 aromatic rings. The van der Waals surface area contributed by atoms with Crippen molar-refractivity contribution < 1.29 is 9.90 Å². The second-order valence-corrected chi connectivity index (χ2v) is 3.98. The lowest BCUT2D eigenvalue weighted by molar-refractivity contribution is -0.136. The molecule has 1 aromatic carbocycles. The van der Waals surface area contributed by atoms with Crippen LogP contribution in [0.2, 0.25) is 0 Å². The molecule has 0 aliphatic carbocycles. The normalized spacial score (nSPS) is 9.83. The summed E-state index contributed by atoms with van der Waals surface area (Å²) in [5, 5.41) is 8.57. The van der Waals surface area contributed by atoms with E-state index in [0.29, 0.717) is 0 Å². The Morgan fingerprint density at radius 2 is 1.83 bits per heavy atom. The minimum absolute atomic E-state index is 0.0298. The van der Waals surface area contributed by atoms with Gasteiger partial charge in [-0.1, -0.05) is 37.9 Å². The average Bonchev–Trinajstić information content (AvgIpc) is 1.97. The molecule has 0 unspecified atom stereocenters. The molecule has 0 saturated carbocycles. The van der Waals surface area contributed by atoms with E-state index in [9.17, 15) is 4.79 Å². The summed E-state index contributed by atoms with van der Waals surface area (Å²) < 4.78 is 1.64. The van der Waals surface area contributed by atoms with Crippen LogP contribution in [0.1, 0.15) is 5.56 Å². The van der Waals surface area contributed by atoms with Crippen molar-refractivity contribution in [2.45, 2.75) is 6.42 Å². The topological polar surface area (TPSA) is 37.3 Å². The van der Waals surface area contributed by atoms with Crippen LogP contribution in [0.3, 0.4) is 0 Å². The molecule has 64 valence electrons. The summed E-state index contributed by atoms with van der Waals surface area (Å²) >= 11 is 6.56. The van der Waals surface area contributed by atoms with E-state index in [-0.39, 0.29) is 6.42 Å². The number of rotatable bonds is 2. The Morgan fingerprint density at radius 1 is 1.33 bits per heavy atom. The van der Waals surface area contributed by atoms with Gasteiger partial charge in [-0.15, -0.1) is 0 Å². The van der Waals surface area contributed by atoms with Crippen molar-refractivity contribution in [1.29, 1.82) is 0 Å². The Bertz CT molecular complexity index is 290. The lowest BCUT2D eigenvalue weighted by Crippen LogP contribution is -2.01. The standard InChI is InChI=1S/C8H6Br2O2/c9-6-2-1-3-7(10)5(6)4-8(11)12/h1-3H,4H2,(H,11,12). The Hall–Kier alpha value is -0.350. The van der Waals surface area contributed by atoms with Crippen LogP contribution in [0, 0.1) is 0 Å². The van der Waals surface area contributed by atoms with Crippen LogP contribution in [0.4, 0.5) is 0 Å². The molecule has 1 rings (SSSR count). The fourth-order valence-corrected chi connectivity index (χ4v) is 2.13. The van der Waals surface area contributed by atoms with E-state index in [1.807, 2.05) is 18.2 Å². The predicted octanol–water partition coefficient (Wildman–Crippen LogP) is 2.84. The van der Waals surface area contributed by atoms with Crippen LogP contribution < -0.4 is 0 Å². The Labute approximate surface area is 86.9 Å². The molecule has 0 aliphatic rings. The molecule has 0 heterocycles. The van der Waals surface area contributed by atoms with Crippen LogP contribution >= 0.6 is 31.9 Å². The molecule has 1 N–H and O–H groups in total. The summed E-state index contributed by atoms with van der Waals surface area (Å²) in [5.74, 6) is -0.831. The van der Waals surface area contributed by atoms with Crippen LogP contribution in [0.25, 0.3) is 0 Å². The Kier molecular flexibility index (Phi) is 3.29. The van der Waals surface area contributed by atoms with Crippen molar-refractivity contribution in [1.82, 2.24) is 0 Å². The second-order valence-electron chi connectivity index (χ2n) is 2.27. The molecule has 0 bridgehead atoms. The average molecular weight is 294 g/mol. The molecule has 0 saturated heterocycles. The molecular weight excluding hydrogens is 288 g/mol. The van der Waals surface area contributed by atoms with E-state index in [1.54, 1.807) is 0 Å². The number of hydrogen-bond donors (Lipinski definition) is 1. The maximum atomic E-state index is 10.4. The third kappa shape index (κ3) is 2.32. The molecule has 0 fully saturated rings. The monoisotopic (exact) mass is 292 g/mol. The molecule has 2 nitrogen and oxygen atoms in total. The van der Waals surface area contributed by atoms with Crippen molar-refractivity contribution >= 4 is 37.8 Å². The highest BCUT2D eigenvalue weighted by Crippen LogP contribution is 2.25. The smallest absolute Gasteiger partial charge is 0.307 e. The number of carbonyl (C=O) groups is 1. The number of aliphatic carboxylic acids is 1. The van der Waals surface area contributed by atoms with E-state index in [0.717, 1.165) is 14.5 Å². The second kappa shape index (κ2) is 4.05. The van der Waals surface area contributed by atoms with E-state index in [4.69, 9.17) is 5.11 Å². The number of benzene rings is 1. The molecule has 4 heteroatoms. The summed E-state index contributed by atoms with van der Waals surface area (Å²) in [6.07, 6.45) is 0.0298. The number of carboxylic acid groups (broad SMARTS) is 1. The molecular formula is C8H6Br2O2. The molecule has 0 radical (unpaired) electrons. The maximum absolute atomic E-state index is 10.4. The lowest BCUT2D eigenvalue weighted by Gasteiger charge is -2.02. The maximum Gasteiger partial charge on any atom is 0.307 e. The van der Waals surface area contributed by atoms with Gasteiger partial charge in [0.1, 0.15) is 0 Å². The van der Waals surface area contributed by atoms with Gasteiger partial charge in [-0.3, -0.25) is 4.79 Å². The summed E-state index contributed by atoms with van der Waals surface area (Å²) in [4.78, 5) is 10.4. The fourth-order valence-electron chi connectivity index (χ4n) is 0.852. The van der Waals surface area contributed by atoms with Crippen molar-refractivity contribution in [3.05, 3.63) is 32.7 Å². The highest BCUT2D eigenvalue weighted by Gasteiger charge is 2.07. The van der Waals surface area contributed by atoms with Crippen molar-refractivity contribution in [2.75, 3.05) is 0 Å². The number of halogens is 2. The minimum Gasteiger partial charge on any atom is -0.481 e. The fraction of sp³-hybridized carbons (Fsp3) is 0.125. The molecule has 0 spiro atoms. The summed E-state index contributed by atoms with van der Waals surface area (Å²) in [6, 6.07) is 5.49. The largest absolute Gasteiger partial charge is 0.481 e. The van der Waals surface area contributed by atoms with E-state index < -0.39 is 5.97 Å². The van der Waals surface area contributed by atoms with E-state index in [1.165, 1.54) is 0 Å². The summed E-state index contributed by atoms with van der Waals surface area (Å²) in [7, 11) is 0. The molecule has 0 atom stereocenters. The highest BCUT2D eigenvalue weighted by molar-refractivity contribution is 9.11. The third-order valence-corrected chi connectivity index (χ3v) is 2.88. The SMILES string of the molecule is O=C(O)Cc1c(Br)cccc1Br. The van der Waals surface area contributed by atoms with Gasteiger partial charge in [-0.05, 0) is 17.7 Å². The molecule has 0 amide bonds. The third-order valence-electron chi connectivity index (χ3n) is 1.39. The van der Waals surface area contributed by atoms with Gasteiger partial charge in [0.05, 0.1) is 6.42 Å². The van der Waals surface area contributed by atoms with Gasteiger partial charge in [0.25, 0.3) is 0 Å². The molecule has 0 aromatic heterocycles. The van der Waals surface area contributed by atoms with Gasteiger partial charge < -0.3 is 5.11 Å². The van der Waals surface area contributed by atoms with E-state index >= 15 is 0 Å². The Morgan fingerprint density at radius 3 is 2.25 bits per heavy atom. The van der Waals surface area contributed by atoms with E-state index in [2.05, 4.69) is 31.9 Å². The minimum atomic E-state index is -0.831. The first kappa shape index (κ1) is 9.74. The Balaban J connectivity index is 3.04. The zero-order valence-corrected chi connectivity index (χ0v) is 9.22. The quantitative estimate of drug-likeness (QED) is 0.910. The van der Waals surface area contributed by atoms with Gasteiger partial charge in [-0.25, -0.2) is 0 Å². The first-order chi connectivity index (χ1) is 5.61. The van der Waals surface area contributed by atoms with Crippen LogP contribution in [-0.2, 0) is 11.2 Å². The first-order valence-corrected chi connectivity index (χ1v) is 4.84. The highest BCUT2D eigenvalue weighted by atomic mass is 79.9. The lowest BCUT2D eigenvalue weighted by atomic mass is 10.2.